The van der Waals surface area contributed by atoms with Crippen molar-refractivity contribution in [1.29, 1.82) is 0 Å². The monoisotopic (exact) mass is 472 g/mol. The first kappa shape index (κ1) is 18.4. The molecule has 0 radical (unpaired) electrons. The van der Waals surface area contributed by atoms with Crippen LogP contribution in [-0.4, -0.2) is 3.93 Å². The molecule has 0 unspecified atom stereocenters. The first-order chi connectivity index (χ1) is 7.99. The summed E-state index contributed by atoms with van der Waals surface area (Å²) in [6.07, 6.45) is 0. The molecule has 0 nitrogen and oxygen atoms in total. The first-order valence-electron chi connectivity index (χ1n) is 6.82. The lowest BCUT2D eigenvalue weighted by atomic mass is 9.77. The van der Waals surface area contributed by atoms with Gasteiger partial charge in [0.1, 0.15) is 0 Å². The van der Waals surface area contributed by atoms with Crippen molar-refractivity contribution in [3.8, 4) is 0 Å². The van der Waals surface area contributed by atoms with Gasteiger partial charge in [-0.25, -0.2) is 0 Å². The highest BCUT2D eigenvalue weighted by molar-refractivity contribution is 9.72. The fourth-order valence-electron chi connectivity index (χ4n) is 3.61. The van der Waals surface area contributed by atoms with Crippen molar-refractivity contribution >= 4 is 49.8 Å². The van der Waals surface area contributed by atoms with Crippen molar-refractivity contribution in [3.63, 3.8) is 0 Å². The Balaban J connectivity index is 3.58. The second-order valence-corrected chi connectivity index (χ2v) is 30.8. The van der Waals surface area contributed by atoms with E-state index in [1.54, 1.807) is 11.1 Å². The predicted molar refractivity (Wildman–Crippen MR) is 101 cm³/mol. The molecule has 0 aromatic heterocycles. The lowest BCUT2D eigenvalue weighted by Gasteiger charge is -2.43. The van der Waals surface area contributed by atoms with E-state index in [-0.39, 0.29) is 21.3 Å². The molecular weight excluding hydrogens is 448 g/mol. The number of rotatable bonds is 1. The molecule has 4 heteroatoms. The summed E-state index contributed by atoms with van der Waals surface area (Å²) in [6, 6.07) is 0. The van der Waals surface area contributed by atoms with Gasteiger partial charge in [-0.3, -0.25) is 0 Å². The Morgan fingerprint density at radius 3 is 1.00 bits per heavy atom. The van der Waals surface area contributed by atoms with E-state index in [1.165, 1.54) is 0 Å². The number of hydrogen-bond acceptors (Lipinski definition) is 0. The van der Waals surface area contributed by atoms with Crippen LogP contribution in [0, 0.1) is 16.2 Å². The SMILES string of the molecule is CC(C)(C)C1=C(C(C)(C)C)C1(C(C)(C)C)[Si](Br)(Br)Br. The summed E-state index contributed by atoms with van der Waals surface area (Å²) in [5.41, 5.74) is 3.89. The molecule has 1 aliphatic carbocycles. The molecule has 0 saturated heterocycles. The lowest BCUT2D eigenvalue weighted by molar-refractivity contribution is 0.328. The van der Waals surface area contributed by atoms with Gasteiger partial charge in [0.2, 0.25) is 0 Å². The van der Waals surface area contributed by atoms with Crippen LogP contribution in [0.1, 0.15) is 62.3 Å². The van der Waals surface area contributed by atoms with Crippen LogP contribution >= 0.6 is 45.9 Å². The number of halogens is 3. The van der Waals surface area contributed by atoms with Gasteiger partial charge in [0, 0.05) is 5.04 Å². The normalized spacial score (nSPS) is 20.8. The zero-order valence-electron chi connectivity index (χ0n) is 13.6. The maximum Gasteiger partial charge on any atom is 0.281 e. The molecule has 0 aliphatic heterocycles. The Labute approximate surface area is 143 Å². The molecule has 0 aromatic rings. The Morgan fingerprint density at radius 1 is 0.684 bits per heavy atom. The maximum atomic E-state index is 3.99. The van der Waals surface area contributed by atoms with E-state index in [2.05, 4.69) is 108 Å². The fourth-order valence-corrected chi connectivity index (χ4v) is 14.9. The summed E-state index contributed by atoms with van der Waals surface area (Å²) in [6.45, 7) is 21.1. The molecular formula is C15H27Br3Si. The van der Waals surface area contributed by atoms with Crippen LogP contribution in [0.15, 0.2) is 11.1 Å². The van der Waals surface area contributed by atoms with Gasteiger partial charge < -0.3 is 0 Å². The minimum Gasteiger partial charge on any atom is -0.0951 e. The maximum absolute atomic E-state index is 3.99. The largest absolute Gasteiger partial charge is 0.281 e. The van der Waals surface area contributed by atoms with Crippen molar-refractivity contribution < 1.29 is 0 Å². The van der Waals surface area contributed by atoms with Crippen molar-refractivity contribution in [2.75, 3.05) is 0 Å². The minimum absolute atomic E-state index is 0.149. The third kappa shape index (κ3) is 2.85. The second-order valence-electron chi connectivity index (χ2n) is 8.75. The topological polar surface area (TPSA) is 0 Å². The van der Waals surface area contributed by atoms with Gasteiger partial charge in [-0.05, 0) is 16.2 Å². The van der Waals surface area contributed by atoms with Crippen molar-refractivity contribution in [2.45, 2.75) is 67.4 Å². The van der Waals surface area contributed by atoms with Crippen molar-refractivity contribution in [3.05, 3.63) is 11.1 Å². The molecule has 0 N–H and O–H groups in total. The Bertz CT molecular complexity index is 369. The standard InChI is InChI=1S/C15H27Br3Si/c1-12(2,3)10-11(13(4,5)6)15(10,14(7,8)9)19(16,17)18/h1-9H3. The van der Waals surface area contributed by atoms with E-state index in [0.29, 0.717) is 0 Å². The van der Waals surface area contributed by atoms with Crippen LogP contribution in [0.2, 0.25) is 5.04 Å². The van der Waals surface area contributed by atoms with Crippen LogP contribution in [0.25, 0.3) is 0 Å². The van der Waals surface area contributed by atoms with Crippen LogP contribution in [0.4, 0.5) is 0 Å². The highest BCUT2D eigenvalue weighted by atomic mass is 80.0. The summed E-state index contributed by atoms with van der Waals surface area (Å²) in [4.78, 5) is 0. The van der Waals surface area contributed by atoms with E-state index < -0.39 is 3.93 Å². The molecule has 0 saturated carbocycles. The van der Waals surface area contributed by atoms with Crippen LogP contribution in [0.5, 0.6) is 0 Å². The van der Waals surface area contributed by atoms with Crippen molar-refractivity contribution in [1.82, 2.24) is 0 Å². The molecule has 19 heavy (non-hydrogen) atoms. The molecule has 0 fully saturated rings. The molecule has 0 bridgehead atoms. The van der Waals surface area contributed by atoms with Gasteiger partial charge >= 0.3 is 0 Å². The van der Waals surface area contributed by atoms with E-state index in [1.807, 2.05) is 0 Å². The third-order valence-corrected chi connectivity index (χ3v) is 11.4. The van der Waals surface area contributed by atoms with E-state index in [0.717, 1.165) is 0 Å². The molecule has 112 valence electrons. The van der Waals surface area contributed by atoms with Gasteiger partial charge in [0.05, 0.1) is 0 Å². The molecule has 0 amide bonds. The summed E-state index contributed by atoms with van der Waals surface area (Å²) in [5.74, 6) is 0. The average molecular weight is 475 g/mol. The Morgan fingerprint density at radius 2 is 0.947 bits per heavy atom. The number of hydrogen-bond donors (Lipinski definition) is 0. The van der Waals surface area contributed by atoms with E-state index >= 15 is 0 Å². The zero-order valence-corrected chi connectivity index (χ0v) is 19.4. The molecule has 1 rings (SSSR count). The van der Waals surface area contributed by atoms with Gasteiger partial charge in [-0.1, -0.05) is 119 Å². The van der Waals surface area contributed by atoms with Crippen molar-refractivity contribution in [2.24, 2.45) is 16.2 Å². The molecule has 0 heterocycles. The van der Waals surface area contributed by atoms with Gasteiger partial charge in [-0.2, -0.15) is 0 Å². The van der Waals surface area contributed by atoms with E-state index in [9.17, 15) is 0 Å². The second kappa shape index (κ2) is 4.69. The molecule has 0 aromatic carbocycles. The van der Waals surface area contributed by atoms with Gasteiger partial charge in [0.25, 0.3) is 3.93 Å². The summed E-state index contributed by atoms with van der Waals surface area (Å²) in [5, 5.41) is 0.149. The van der Waals surface area contributed by atoms with Crippen LogP contribution < -0.4 is 0 Å². The highest BCUT2D eigenvalue weighted by Crippen LogP contribution is 2.84. The Hall–Kier alpha value is 1.40. The zero-order chi connectivity index (χ0) is 15.7. The summed E-state index contributed by atoms with van der Waals surface area (Å²) >= 11 is 12.0. The summed E-state index contributed by atoms with van der Waals surface area (Å²) < 4.78 is -1.89. The quantitative estimate of drug-likeness (QED) is 0.212. The van der Waals surface area contributed by atoms with Crippen LogP contribution in [0.3, 0.4) is 0 Å². The molecule has 1 aliphatic rings. The van der Waals surface area contributed by atoms with Gasteiger partial charge in [-0.15, -0.1) is 0 Å². The summed E-state index contributed by atoms with van der Waals surface area (Å²) in [7, 11) is 0. The van der Waals surface area contributed by atoms with Gasteiger partial charge in [0.15, 0.2) is 0 Å². The molecule has 0 spiro atoms. The lowest BCUT2D eigenvalue weighted by Crippen LogP contribution is -2.38. The third-order valence-electron chi connectivity index (χ3n) is 3.99. The Kier molecular flexibility index (Phi) is 4.56. The average Bonchev–Trinajstić information content (AvgIpc) is 2.66. The highest BCUT2D eigenvalue weighted by Gasteiger charge is 2.73. The fraction of sp³-hybridized carbons (Fsp3) is 0.867. The predicted octanol–water partition coefficient (Wildman–Crippen LogP) is 7.30. The number of allylic oxidation sites excluding steroid dienone is 2. The van der Waals surface area contributed by atoms with Crippen LogP contribution in [-0.2, 0) is 0 Å². The minimum atomic E-state index is -1.89. The smallest absolute Gasteiger partial charge is 0.0951 e. The van der Waals surface area contributed by atoms with E-state index in [4.69, 9.17) is 0 Å². The molecule has 0 atom stereocenters. The first-order valence-corrected chi connectivity index (χ1v) is 15.6.